The van der Waals surface area contributed by atoms with Gasteiger partial charge in [0.1, 0.15) is 11.9 Å². The van der Waals surface area contributed by atoms with Crippen LogP contribution in [0.4, 0.5) is 105 Å². The Bertz CT molecular complexity index is 3380. The Morgan fingerprint density at radius 1 is 0.337 bits per heavy atom. The Morgan fingerprint density at radius 2 is 0.628 bits per heavy atom. The lowest BCUT2D eigenvalue weighted by Gasteiger charge is -2.46. The van der Waals surface area contributed by atoms with Gasteiger partial charge < -0.3 is 5.11 Å². The monoisotopic (exact) mass is 1250 g/mol. The van der Waals surface area contributed by atoms with E-state index in [1.165, 1.54) is 12.1 Å². The summed E-state index contributed by atoms with van der Waals surface area (Å²) in [5.41, 5.74) is -27.4. The first-order valence-corrected chi connectivity index (χ1v) is 24.0. The number of halogens is 24. The van der Waals surface area contributed by atoms with E-state index in [4.69, 9.17) is 0 Å². The molecule has 0 saturated carbocycles. The molecule has 0 aliphatic carbocycles. The van der Waals surface area contributed by atoms with Crippen molar-refractivity contribution < 1.29 is 125 Å². The van der Waals surface area contributed by atoms with Gasteiger partial charge in [-0.1, -0.05) is 91.0 Å². The topological polar surface area (TPSA) is 58.2 Å². The normalized spacial score (nSPS) is 13.1. The molecule has 29 heteroatoms. The van der Waals surface area contributed by atoms with E-state index in [0.29, 0.717) is 11.1 Å². The molecule has 86 heavy (non-hydrogen) atoms. The zero-order chi connectivity index (χ0) is 64.1. The number of rotatable bonds is 10. The molecular weight excluding hydrogens is 1210 g/mol. The predicted octanol–water partition coefficient (Wildman–Crippen LogP) is 15.4. The lowest BCUT2D eigenvalue weighted by molar-refractivity contribution is -0.664. The van der Waals surface area contributed by atoms with Crippen molar-refractivity contribution in [1.82, 2.24) is 0 Å². The smallest absolute Gasteiger partial charge is 0.416 e. The Kier molecular flexibility index (Phi) is 17.4. The fourth-order valence-corrected chi connectivity index (χ4v) is 9.49. The van der Waals surface area contributed by atoms with E-state index >= 15 is 0 Å². The number of nitrogens with zero attached hydrogens (tertiary/aromatic N) is 1. The summed E-state index contributed by atoms with van der Waals surface area (Å²) in [5, 5.41) is 10.5. The molecule has 7 aromatic carbocycles. The van der Waals surface area contributed by atoms with E-state index in [9.17, 15) is 120 Å². The molecule has 1 N–H and O–H groups in total. The van der Waals surface area contributed by atoms with Gasteiger partial charge in [-0.2, -0.15) is 132 Å². The third-order valence-corrected chi connectivity index (χ3v) is 13.4. The van der Waals surface area contributed by atoms with Crippen molar-refractivity contribution in [2.24, 2.45) is 0 Å². The number of fused-ring (bicyclic) bond motifs is 1. The number of benzene rings is 7. The Hall–Kier alpha value is -8.53. The maximum Gasteiger partial charge on any atom is 0.416 e. The van der Waals surface area contributed by atoms with E-state index in [0.717, 1.165) is 16.6 Å². The van der Waals surface area contributed by atoms with Crippen LogP contribution in [-0.2, 0) is 62.4 Å². The minimum Gasteiger partial charge on any atom is -0.508 e. The standard InChI is InChI=1S/C32H12BF24.C25H19NO3/c34-25(35,36)13-1-14(26(37,38)39)6-21(5-13)33(22-7-15(27(40,41)42)2-16(8-22)28(43,44)45,23-9-17(29(46,47)48)3-18(10-23)30(49,50)51)24-11-19(31(52,53)54)4-20(12-24)32(55,56)57;27-22-14-11-20(12-15-22)24(28)16-21-13-10-18-6-4-5-9-23(18)26(21)17-25(29)19-7-2-1-3-8-19/h1-12H;1-15H,16-17H2/q-1;/p+1. The van der Waals surface area contributed by atoms with Gasteiger partial charge in [-0.25, -0.2) is 0 Å². The van der Waals surface area contributed by atoms with Crippen LogP contribution in [0, 0.1) is 0 Å². The highest BCUT2D eigenvalue weighted by molar-refractivity contribution is 7.20. The van der Waals surface area contributed by atoms with Gasteiger partial charge >= 0.3 is 49.4 Å². The quantitative estimate of drug-likeness (QED) is 0.0642. The molecule has 4 nitrogen and oxygen atoms in total. The molecule has 0 saturated heterocycles. The van der Waals surface area contributed by atoms with Crippen LogP contribution in [0.25, 0.3) is 10.9 Å². The summed E-state index contributed by atoms with van der Waals surface area (Å²) in [7, 11) is 0. The van der Waals surface area contributed by atoms with Crippen molar-refractivity contribution in [3.8, 4) is 5.75 Å². The van der Waals surface area contributed by atoms with Gasteiger partial charge in [0, 0.05) is 28.6 Å². The molecular formula is C57H32BF24NO3. The maximum absolute atomic E-state index is 14.2. The molecule has 0 fully saturated rings. The molecule has 0 aliphatic heterocycles. The number of alkyl halides is 24. The van der Waals surface area contributed by atoms with Crippen LogP contribution < -0.4 is 26.4 Å². The van der Waals surface area contributed by atoms with Crippen molar-refractivity contribution in [1.29, 1.82) is 0 Å². The molecule has 8 aromatic rings. The number of hydrogen-bond acceptors (Lipinski definition) is 3. The van der Waals surface area contributed by atoms with Crippen LogP contribution in [0.3, 0.4) is 0 Å². The minimum atomic E-state index is -6.13. The minimum absolute atomic E-state index is 0.00899. The van der Waals surface area contributed by atoms with E-state index < -0.39 is 195 Å². The van der Waals surface area contributed by atoms with Gasteiger partial charge in [-0.3, -0.25) is 9.59 Å². The van der Waals surface area contributed by atoms with Crippen LogP contribution >= 0.6 is 0 Å². The van der Waals surface area contributed by atoms with Crippen LogP contribution in [0.1, 0.15) is 70.9 Å². The summed E-state index contributed by atoms with van der Waals surface area (Å²) in [6.07, 6.45) is -54.6. The summed E-state index contributed by atoms with van der Waals surface area (Å²) in [5.74, 6) is 0.0438. The molecule has 0 bridgehead atoms. The SMILES string of the molecule is FC(F)(F)c1cc([B-](c2cc(C(F)(F)F)cc(C(F)(F)F)c2)(c2cc(C(F)(F)F)cc(C(F)(F)F)c2)c2cc(C(F)(F)F)cc(C(F)(F)F)c2)cc(C(F)(F)F)c1.O=C(Cc1ccc2ccccc2[n+]1CC(=O)c1ccccc1)c1ccc(O)cc1. The Balaban J connectivity index is 0.000000302. The summed E-state index contributed by atoms with van der Waals surface area (Å²) in [6.45, 7) is 0.156. The lowest BCUT2D eigenvalue weighted by atomic mass is 9.12. The second-order valence-electron chi connectivity index (χ2n) is 19.1. The first-order valence-electron chi connectivity index (χ1n) is 24.0. The molecule has 1 aromatic heterocycles. The highest BCUT2D eigenvalue weighted by atomic mass is 19.4. The van der Waals surface area contributed by atoms with Crippen molar-refractivity contribution in [3.63, 3.8) is 0 Å². The molecule has 1 heterocycles. The number of aromatic hydroxyl groups is 1. The van der Waals surface area contributed by atoms with Crippen LogP contribution in [0.15, 0.2) is 164 Å². The average molecular weight is 1250 g/mol. The third-order valence-electron chi connectivity index (χ3n) is 13.4. The van der Waals surface area contributed by atoms with Gasteiger partial charge in [0.15, 0.2) is 11.5 Å². The average Bonchev–Trinajstić information content (AvgIpc) is 0.720. The van der Waals surface area contributed by atoms with Crippen molar-refractivity contribution in [2.45, 2.75) is 62.4 Å². The first kappa shape index (κ1) is 65.0. The van der Waals surface area contributed by atoms with Crippen LogP contribution in [0.2, 0.25) is 0 Å². The zero-order valence-corrected chi connectivity index (χ0v) is 42.4. The molecule has 8 rings (SSSR count). The van der Waals surface area contributed by atoms with Crippen molar-refractivity contribution >= 4 is 50.5 Å². The molecule has 0 unspecified atom stereocenters. The molecule has 0 aliphatic rings. The van der Waals surface area contributed by atoms with Crippen LogP contribution in [0.5, 0.6) is 5.75 Å². The number of phenolic OH excluding ortho intramolecular Hbond substituents is 1. The largest absolute Gasteiger partial charge is 0.508 e. The number of para-hydroxylation sites is 1. The fraction of sp³-hybridized carbons (Fsp3) is 0.175. The maximum atomic E-state index is 14.2. The Morgan fingerprint density at radius 3 is 0.942 bits per heavy atom. The van der Waals surface area contributed by atoms with Crippen molar-refractivity contribution in [3.05, 3.63) is 225 Å². The van der Waals surface area contributed by atoms with E-state index in [1.807, 2.05) is 59.2 Å². The summed E-state index contributed by atoms with van der Waals surface area (Å²) < 4.78 is 343. The van der Waals surface area contributed by atoms with E-state index in [-0.39, 0.29) is 30.3 Å². The van der Waals surface area contributed by atoms with Gasteiger partial charge in [0.05, 0.1) is 50.9 Å². The number of Topliss-reactive ketones (excluding diaryl/α,β-unsaturated/α-hetero) is 2. The number of ketones is 2. The molecule has 0 atom stereocenters. The number of carbonyl (C=O) groups is 2. The van der Waals surface area contributed by atoms with Gasteiger partial charge in [0.2, 0.25) is 17.8 Å². The molecule has 0 spiro atoms. The number of phenols is 1. The fourth-order valence-electron chi connectivity index (χ4n) is 9.49. The summed E-state index contributed by atoms with van der Waals surface area (Å²) >= 11 is 0. The van der Waals surface area contributed by atoms with Gasteiger partial charge in [0.25, 0.3) is 0 Å². The summed E-state index contributed by atoms with van der Waals surface area (Å²) in [6, 6.07) is 18.3. The lowest BCUT2D eigenvalue weighted by Crippen LogP contribution is -2.75. The van der Waals surface area contributed by atoms with E-state index in [1.54, 1.807) is 24.3 Å². The number of carbonyl (C=O) groups excluding carboxylic acids is 2. The molecule has 0 amide bonds. The summed E-state index contributed by atoms with van der Waals surface area (Å²) in [4.78, 5) is 25.7. The first-order chi connectivity index (χ1) is 39.4. The van der Waals surface area contributed by atoms with E-state index in [2.05, 4.69) is 0 Å². The van der Waals surface area contributed by atoms with Crippen LogP contribution in [-0.4, -0.2) is 22.8 Å². The highest BCUT2D eigenvalue weighted by Gasteiger charge is 2.47. The third kappa shape index (κ3) is 14.6. The second-order valence-corrected chi connectivity index (χ2v) is 19.1. The molecule has 454 valence electrons. The second kappa shape index (κ2) is 23.1. The number of pyridine rings is 1. The Labute approximate surface area is 467 Å². The zero-order valence-electron chi connectivity index (χ0n) is 42.4. The highest BCUT2D eigenvalue weighted by Crippen LogP contribution is 2.41. The van der Waals surface area contributed by atoms with Gasteiger partial charge in [-0.15, -0.1) is 0 Å². The number of hydrogen-bond donors (Lipinski definition) is 1. The van der Waals surface area contributed by atoms with Crippen molar-refractivity contribution in [2.75, 3.05) is 0 Å². The predicted molar refractivity (Wildman–Crippen MR) is 261 cm³/mol. The number of aromatic nitrogens is 1. The van der Waals surface area contributed by atoms with Gasteiger partial charge in [-0.05, 0) is 60.7 Å². The molecule has 0 radical (unpaired) electrons.